The summed E-state index contributed by atoms with van der Waals surface area (Å²) in [5, 5.41) is 12.6. The zero-order valence-electron chi connectivity index (χ0n) is 10.7. The summed E-state index contributed by atoms with van der Waals surface area (Å²) in [6.45, 7) is 4.50. The van der Waals surface area contributed by atoms with Crippen LogP contribution in [0.2, 0.25) is 0 Å². The third-order valence-corrected chi connectivity index (χ3v) is 3.81. The smallest absolute Gasteiger partial charge is 0.0499 e. The molecule has 1 aliphatic rings. The predicted octanol–water partition coefficient (Wildman–Crippen LogP) is 2.15. The molecule has 0 radical (unpaired) electrons. The molecule has 0 heterocycles. The van der Waals surface area contributed by atoms with Gasteiger partial charge in [-0.15, -0.1) is 0 Å². The summed E-state index contributed by atoms with van der Waals surface area (Å²) in [6, 6.07) is 8.87. The molecule has 1 aromatic carbocycles. The topological polar surface area (TPSA) is 32.3 Å². The molecule has 2 heteroatoms. The second-order valence-corrected chi connectivity index (χ2v) is 5.25. The highest BCUT2D eigenvalue weighted by Crippen LogP contribution is 2.44. The van der Waals surface area contributed by atoms with E-state index >= 15 is 0 Å². The van der Waals surface area contributed by atoms with E-state index in [4.69, 9.17) is 0 Å². The fraction of sp³-hybridized carbons (Fsp3) is 0.600. The van der Waals surface area contributed by atoms with E-state index in [0.717, 1.165) is 25.9 Å². The summed E-state index contributed by atoms with van der Waals surface area (Å²) in [4.78, 5) is 0. The summed E-state index contributed by atoms with van der Waals surface area (Å²) in [6.07, 6.45) is 4.55. The molecule has 1 saturated carbocycles. The predicted molar refractivity (Wildman–Crippen MR) is 71.1 cm³/mol. The third kappa shape index (κ3) is 3.55. The molecule has 0 aromatic heterocycles. The monoisotopic (exact) mass is 233 g/mol. The molecule has 94 valence electrons. The average Bonchev–Trinajstić information content (AvgIpc) is 3.16. The van der Waals surface area contributed by atoms with Gasteiger partial charge in [-0.25, -0.2) is 0 Å². The highest BCUT2D eigenvalue weighted by molar-refractivity contribution is 5.22. The third-order valence-electron chi connectivity index (χ3n) is 3.81. The Balaban J connectivity index is 1.67. The average molecular weight is 233 g/mol. The van der Waals surface area contributed by atoms with E-state index in [2.05, 4.69) is 36.5 Å². The Kier molecular flexibility index (Phi) is 4.19. The van der Waals surface area contributed by atoms with Gasteiger partial charge in [0.25, 0.3) is 0 Å². The molecule has 2 rings (SSSR count). The van der Waals surface area contributed by atoms with E-state index in [0.29, 0.717) is 6.61 Å². The van der Waals surface area contributed by atoms with Crippen molar-refractivity contribution < 1.29 is 5.11 Å². The van der Waals surface area contributed by atoms with E-state index in [-0.39, 0.29) is 5.41 Å². The first-order valence-electron chi connectivity index (χ1n) is 6.67. The van der Waals surface area contributed by atoms with Gasteiger partial charge in [-0.3, -0.25) is 0 Å². The van der Waals surface area contributed by atoms with Crippen LogP contribution in [0.5, 0.6) is 0 Å². The Morgan fingerprint density at radius 2 is 1.82 bits per heavy atom. The van der Waals surface area contributed by atoms with Gasteiger partial charge in [-0.2, -0.15) is 0 Å². The van der Waals surface area contributed by atoms with Crippen molar-refractivity contribution in [3.05, 3.63) is 35.4 Å². The van der Waals surface area contributed by atoms with E-state index in [1.807, 2.05) is 0 Å². The minimum Gasteiger partial charge on any atom is -0.396 e. The normalized spacial score (nSPS) is 17.1. The first kappa shape index (κ1) is 12.6. The van der Waals surface area contributed by atoms with Crippen LogP contribution in [0.3, 0.4) is 0 Å². The maximum atomic E-state index is 9.19. The molecule has 0 atom stereocenters. The zero-order chi connectivity index (χ0) is 12.1. The van der Waals surface area contributed by atoms with Crippen LogP contribution in [0.25, 0.3) is 0 Å². The van der Waals surface area contributed by atoms with Crippen LogP contribution in [-0.4, -0.2) is 24.8 Å². The molecule has 2 N–H and O–H groups in total. The molecule has 2 nitrogen and oxygen atoms in total. The van der Waals surface area contributed by atoms with Crippen molar-refractivity contribution in [3.63, 3.8) is 0 Å². The molecule has 1 aromatic rings. The fourth-order valence-electron chi connectivity index (χ4n) is 2.10. The van der Waals surface area contributed by atoms with Gasteiger partial charge in [0.2, 0.25) is 0 Å². The van der Waals surface area contributed by atoms with E-state index in [1.165, 1.54) is 24.0 Å². The van der Waals surface area contributed by atoms with Crippen molar-refractivity contribution in [2.75, 3.05) is 19.7 Å². The minimum atomic E-state index is 0.228. The van der Waals surface area contributed by atoms with Crippen LogP contribution in [0, 0.1) is 5.41 Å². The quantitative estimate of drug-likeness (QED) is 0.707. The number of aliphatic hydroxyl groups is 1. The molecule has 0 aliphatic heterocycles. The molecule has 0 bridgehead atoms. The second-order valence-electron chi connectivity index (χ2n) is 5.25. The molecule has 0 unspecified atom stereocenters. The lowest BCUT2D eigenvalue weighted by Gasteiger charge is -2.12. The number of aryl methyl sites for hydroxylation is 1. The van der Waals surface area contributed by atoms with Crippen LogP contribution >= 0.6 is 0 Å². The van der Waals surface area contributed by atoms with E-state index in [1.54, 1.807) is 0 Å². The number of benzene rings is 1. The number of aliphatic hydroxyl groups excluding tert-OH is 1. The first-order chi connectivity index (χ1) is 8.28. The maximum absolute atomic E-state index is 9.19. The Labute approximate surface area is 104 Å². The van der Waals surface area contributed by atoms with Crippen LogP contribution in [0.4, 0.5) is 0 Å². The zero-order valence-corrected chi connectivity index (χ0v) is 10.7. The van der Waals surface area contributed by atoms with Crippen molar-refractivity contribution in [1.29, 1.82) is 0 Å². The van der Waals surface area contributed by atoms with Crippen molar-refractivity contribution in [2.24, 2.45) is 5.41 Å². The second kappa shape index (κ2) is 5.65. The Morgan fingerprint density at radius 3 is 2.35 bits per heavy atom. The molecule has 0 amide bonds. The Morgan fingerprint density at radius 1 is 1.18 bits per heavy atom. The summed E-state index contributed by atoms with van der Waals surface area (Å²) < 4.78 is 0. The lowest BCUT2D eigenvalue weighted by molar-refractivity contribution is 0.208. The highest BCUT2D eigenvalue weighted by Gasteiger charge is 2.41. The standard InChI is InChI=1S/C15H23NO/c1-2-13-3-5-14(6-4-13)7-10-16-11-15(12-17)8-9-15/h3-6,16-17H,2,7-12H2,1H3. The number of hydrogen-bond acceptors (Lipinski definition) is 2. The highest BCUT2D eigenvalue weighted by atomic mass is 16.3. The van der Waals surface area contributed by atoms with Gasteiger partial charge in [0, 0.05) is 18.6 Å². The Hall–Kier alpha value is -0.860. The van der Waals surface area contributed by atoms with Gasteiger partial charge in [0.1, 0.15) is 0 Å². The maximum Gasteiger partial charge on any atom is 0.0499 e. The van der Waals surface area contributed by atoms with Crippen molar-refractivity contribution in [3.8, 4) is 0 Å². The SMILES string of the molecule is CCc1ccc(CCNCC2(CO)CC2)cc1. The first-order valence-corrected chi connectivity index (χ1v) is 6.67. The molecular formula is C15H23NO. The van der Waals surface area contributed by atoms with Crippen LogP contribution in [-0.2, 0) is 12.8 Å². The Bertz CT molecular complexity index is 340. The van der Waals surface area contributed by atoms with Gasteiger partial charge in [0.05, 0.1) is 0 Å². The lowest BCUT2D eigenvalue weighted by Crippen LogP contribution is -2.28. The van der Waals surface area contributed by atoms with Crippen LogP contribution in [0.1, 0.15) is 30.9 Å². The summed E-state index contributed by atoms with van der Waals surface area (Å²) in [5.74, 6) is 0. The van der Waals surface area contributed by atoms with Crippen LogP contribution in [0.15, 0.2) is 24.3 Å². The van der Waals surface area contributed by atoms with Gasteiger partial charge < -0.3 is 10.4 Å². The van der Waals surface area contributed by atoms with E-state index < -0.39 is 0 Å². The largest absolute Gasteiger partial charge is 0.396 e. The summed E-state index contributed by atoms with van der Waals surface area (Å²) >= 11 is 0. The summed E-state index contributed by atoms with van der Waals surface area (Å²) in [5.41, 5.74) is 3.02. The van der Waals surface area contributed by atoms with Gasteiger partial charge in [-0.05, 0) is 43.4 Å². The van der Waals surface area contributed by atoms with Gasteiger partial charge in [-0.1, -0.05) is 31.2 Å². The molecule has 1 fully saturated rings. The minimum absolute atomic E-state index is 0.228. The lowest BCUT2D eigenvalue weighted by atomic mass is 10.1. The van der Waals surface area contributed by atoms with Crippen molar-refractivity contribution in [1.82, 2.24) is 5.32 Å². The van der Waals surface area contributed by atoms with Gasteiger partial charge in [0.15, 0.2) is 0 Å². The van der Waals surface area contributed by atoms with E-state index in [9.17, 15) is 5.11 Å². The molecule has 1 aliphatic carbocycles. The van der Waals surface area contributed by atoms with Gasteiger partial charge >= 0.3 is 0 Å². The van der Waals surface area contributed by atoms with Crippen molar-refractivity contribution >= 4 is 0 Å². The van der Waals surface area contributed by atoms with Crippen LogP contribution < -0.4 is 5.32 Å². The molecule has 17 heavy (non-hydrogen) atoms. The fourth-order valence-corrected chi connectivity index (χ4v) is 2.10. The molecule has 0 spiro atoms. The summed E-state index contributed by atoms with van der Waals surface area (Å²) in [7, 11) is 0. The van der Waals surface area contributed by atoms with Crippen molar-refractivity contribution in [2.45, 2.75) is 32.6 Å². The molecular weight excluding hydrogens is 210 g/mol. The molecule has 0 saturated heterocycles. The number of nitrogens with one attached hydrogen (secondary N) is 1. The number of rotatable bonds is 7. The number of hydrogen-bond donors (Lipinski definition) is 2.